The van der Waals surface area contributed by atoms with E-state index in [-0.39, 0.29) is 17.8 Å². The van der Waals surface area contributed by atoms with Crippen LogP contribution in [-0.2, 0) is 0 Å². The molecule has 0 aliphatic carbocycles. The third-order valence-electron chi connectivity index (χ3n) is 3.21. The van der Waals surface area contributed by atoms with E-state index in [2.05, 4.69) is 0 Å². The van der Waals surface area contributed by atoms with Gasteiger partial charge in [0.1, 0.15) is 17.7 Å². The molecular weight excluding hydrogens is 269 g/mol. The number of para-hydroxylation sites is 1. The fourth-order valence-corrected chi connectivity index (χ4v) is 2.23. The number of fused-ring (bicyclic) bond motifs is 1. The number of carbonyl (C=O) groups excluding carboxylic acids is 1. The Morgan fingerprint density at radius 3 is 2.50 bits per heavy atom. The third-order valence-corrected chi connectivity index (χ3v) is 3.21. The molecule has 0 amide bonds. The molecule has 1 aliphatic heterocycles. The van der Waals surface area contributed by atoms with Gasteiger partial charge < -0.3 is 4.74 Å². The molecule has 1 unspecified atom stereocenters. The smallest absolute Gasteiger partial charge is 0.170 e. The van der Waals surface area contributed by atoms with E-state index < -0.39 is 23.6 Å². The summed E-state index contributed by atoms with van der Waals surface area (Å²) in [6.45, 7) is 0. The van der Waals surface area contributed by atoms with Gasteiger partial charge in [0.25, 0.3) is 0 Å². The molecule has 0 fully saturated rings. The number of halogens is 3. The largest absolute Gasteiger partial charge is 0.484 e. The second kappa shape index (κ2) is 4.67. The average molecular weight is 278 g/mol. The topological polar surface area (TPSA) is 26.3 Å². The Balaban J connectivity index is 2.02. The van der Waals surface area contributed by atoms with Crippen LogP contribution in [0.3, 0.4) is 0 Å². The maximum Gasteiger partial charge on any atom is 0.170 e. The van der Waals surface area contributed by atoms with Crippen LogP contribution in [0.1, 0.15) is 28.4 Å². The summed E-state index contributed by atoms with van der Waals surface area (Å²) >= 11 is 0. The molecule has 20 heavy (non-hydrogen) atoms. The second-order valence-corrected chi connectivity index (χ2v) is 4.52. The number of ether oxygens (including phenoxy) is 1. The summed E-state index contributed by atoms with van der Waals surface area (Å²) in [5.41, 5.74) is 0.249. The Bertz CT molecular complexity index is 698. The third kappa shape index (κ3) is 2.05. The molecule has 0 spiro atoms. The van der Waals surface area contributed by atoms with Crippen molar-refractivity contribution in [3.8, 4) is 5.75 Å². The van der Waals surface area contributed by atoms with Gasteiger partial charge in [-0.3, -0.25) is 4.79 Å². The van der Waals surface area contributed by atoms with Gasteiger partial charge in [-0.05, 0) is 18.2 Å². The average Bonchev–Trinajstić information content (AvgIpc) is 2.43. The van der Waals surface area contributed by atoms with Crippen molar-refractivity contribution in [1.82, 2.24) is 0 Å². The number of hydrogen-bond acceptors (Lipinski definition) is 2. The summed E-state index contributed by atoms with van der Waals surface area (Å²) in [6.07, 6.45) is -1.06. The van der Waals surface area contributed by atoms with Gasteiger partial charge >= 0.3 is 0 Å². The predicted molar refractivity (Wildman–Crippen MR) is 65.1 cm³/mol. The molecule has 0 saturated heterocycles. The molecule has 0 radical (unpaired) electrons. The Labute approximate surface area is 112 Å². The number of Topliss-reactive ketones (excluding diaryl/α,β-unsaturated/α-hetero) is 1. The highest BCUT2D eigenvalue weighted by molar-refractivity contribution is 5.99. The van der Waals surface area contributed by atoms with Crippen LogP contribution < -0.4 is 4.74 Å². The first-order valence-corrected chi connectivity index (χ1v) is 5.99. The van der Waals surface area contributed by atoms with Crippen LogP contribution in [0.25, 0.3) is 0 Å². The maximum atomic E-state index is 13.7. The number of hydrogen-bond donors (Lipinski definition) is 0. The molecule has 0 aromatic heterocycles. The van der Waals surface area contributed by atoms with Gasteiger partial charge in [0.05, 0.1) is 12.0 Å². The van der Waals surface area contributed by atoms with Gasteiger partial charge in [0, 0.05) is 11.6 Å². The monoisotopic (exact) mass is 278 g/mol. The Morgan fingerprint density at radius 1 is 1.00 bits per heavy atom. The zero-order valence-electron chi connectivity index (χ0n) is 10.2. The Morgan fingerprint density at radius 2 is 1.70 bits per heavy atom. The lowest BCUT2D eigenvalue weighted by Crippen LogP contribution is -2.21. The van der Waals surface area contributed by atoms with Gasteiger partial charge in [0.2, 0.25) is 0 Å². The molecule has 0 saturated carbocycles. The zero-order chi connectivity index (χ0) is 14.3. The summed E-state index contributed by atoms with van der Waals surface area (Å²) in [5.74, 6) is -3.27. The Hall–Kier alpha value is -2.30. The highest BCUT2D eigenvalue weighted by Gasteiger charge is 2.29. The molecule has 0 bridgehead atoms. The minimum absolute atomic E-state index is 0.112. The minimum atomic E-state index is -1.27. The lowest BCUT2D eigenvalue weighted by molar-refractivity contribution is 0.0845. The van der Waals surface area contributed by atoms with Gasteiger partial charge in [-0.15, -0.1) is 0 Å². The van der Waals surface area contributed by atoms with Gasteiger partial charge in [-0.25, -0.2) is 13.2 Å². The summed E-state index contributed by atoms with van der Waals surface area (Å²) in [5, 5.41) is 0. The molecule has 2 aromatic rings. The highest BCUT2D eigenvalue weighted by Crippen LogP contribution is 2.35. The van der Waals surface area contributed by atoms with Gasteiger partial charge in [-0.1, -0.05) is 12.1 Å². The number of rotatable bonds is 1. The van der Waals surface area contributed by atoms with Crippen LogP contribution in [0, 0.1) is 17.5 Å². The lowest BCUT2D eigenvalue weighted by Gasteiger charge is -2.25. The molecule has 102 valence electrons. The van der Waals surface area contributed by atoms with Crippen molar-refractivity contribution in [2.24, 2.45) is 0 Å². The van der Waals surface area contributed by atoms with E-state index in [9.17, 15) is 18.0 Å². The molecule has 2 aromatic carbocycles. The maximum absolute atomic E-state index is 13.7. The van der Waals surface area contributed by atoms with E-state index in [0.29, 0.717) is 17.4 Å². The highest BCUT2D eigenvalue weighted by atomic mass is 19.2. The standard InChI is InChI=1S/C15H9F3O2/c16-10-6-12(18)11(17)5-9(10)15-7-13(19)8-3-1-2-4-14(8)20-15/h1-6,15H,7H2. The molecule has 3 rings (SSSR count). The van der Waals surface area contributed by atoms with Crippen molar-refractivity contribution in [3.63, 3.8) is 0 Å². The summed E-state index contributed by atoms with van der Waals surface area (Å²) in [7, 11) is 0. The SMILES string of the molecule is O=C1CC(c2cc(F)c(F)cc2F)Oc2ccccc21. The van der Waals surface area contributed by atoms with E-state index in [0.717, 1.165) is 6.07 Å². The van der Waals surface area contributed by atoms with Crippen molar-refractivity contribution in [3.05, 3.63) is 65.0 Å². The summed E-state index contributed by atoms with van der Waals surface area (Å²) < 4.78 is 45.4. The van der Waals surface area contributed by atoms with Crippen LogP contribution in [0.4, 0.5) is 13.2 Å². The Kier molecular flexibility index (Phi) is 2.97. The van der Waals surface area contributed by atoms with Crippen LogP contribution in [0.2, 0.25) is 0 Å². The van der Waals surface area contributed by atoms with E-state index in [1.807, 2.05) is 0 Å². The second-order valence-electron chi connectivity index (χ2n) is 4.52. The van der Waals surface area contributed by atoms with E-state index in [1.165, 1.54) is 0 Å². The van der Waals surface area contributed by atoms with Gasteiger partial charge in [-0.2, -0.15) is 0 Å². The van der Waals surface area contributed by atoms with Crippen molar-refractivity contribution < 1.29 is 22.7 Å². The van der Waals surface area contributed by atoms with E-state index in [4.69, 9.17) is 4.74 Å². The summed E-state index contributed by atoms with van der Waals surface area (Å²) in [6, 6.07) is 7.75. The lowest BCUT2D eigenvalue weighted by atomic mass is 9.96. The first-order valence-electron chi connectivity index (χ1n) is 5.99. The first kappa shape index (κ1) is 12.7. The first-order chi connectivity index (χ1) is 9.56. The molecular formula is C15H9F3O2. The molecule has 1 atom stereocenters. The van der Waals surface area contributed by atoms with Crippen molar-refractivity contribution in [2.75, 3.05) is 0 Å². The number of carbonyl (C=O) groups is 1. The normalized spacial score (nSPS) is 17.6. The fourth-order valence-electron chi connectivity index (χ4n) is 2.23. The zero-order valence-corrected chi connectivity index (χ0v) is 10.2. The molecule has 5 heteroatoms. The quantitative estimate of drug-likeness (QED) is 0.741. The number of ketones is 1. The van der Waals surface area contributed by atoms with Crippen LogP contribution >= 0.6 is 0 Å². The van der Waals surface area contributed by atoms with Crippen LogP contribution in [0.5, 0.6) is 5.75 Å². The van der Waals surface area contributed by atoms with Crippen molar-refractivity contribution in [1.29, 1.82) is 0 Å². The van der Waals surface area contributed by atoms with E-state index >= 15 is 0 Å². The fraction of sp³-hybridized carbons (Fsp3) is 0.133. The molecule has 2 nitrogen and oxygen atoms in total. The molecule has 1 heterocycles. The molecule has 0 N–H and O–H groups in total. The predicted octanol–water partition coefficient (Wildman–Crippen LogP) is 3.81. The number of benzene rings is 2. The summed E-state index contributed by atoms with van der Waals surface area (Å²) in [4.78, 5) is 12.0. The van der Waals surface area contributed by atoms with Gasteiger partial charge in [0.15, 0.2) is 17.4 Å². The minimum Gasteiger partial charge on any atom is -0.484 e. The van der Waals surface area contributed by atoms with E-state index in [1.54, 1.807) is 24.3 Å². The van der Waals surface area contributed by atoms with Crippen molar-refractivity contribution >= 4 is 5.78 Å². The van der Waals surface area contributed by atoms with Crippen LogP contribution in [-0.4, -0.2) is 5.78 Å². The van der Waals surface area contributed by atoms with Crippen molar-refractivity contribution in [2.45, 2.75) is 12.5 Å². The molecule has 1 aliphatic rings. The van der Waals surface area contributed by atoms with Crippen LogP contribution in [0.15, 0.2) is 36.4 Å².